The van der Waals surface area contributed by atoms with Crippen LogP contribution in [0, 0.1) is 0 Å². The lowest BCUT2D eigenvalue weighted by Gasteiger charge is -2.36. The largest absolute Gasteiger partial charge is 0.371 e. The molecule has 0 aromatic heterocycles. The van der Waals surface area contributed by atoms with E-state index < -0.39 is 0 Å². The molecule has 1 aliphatic heterocycles. The van der Waals surface area contributed by atoms with Gasteiger partial charge in [-0.2, -0.15) is 0 Å². The second-order valence-corrected chi connectivity index (χ2v) is 5.56. The maximum Gasteiger partial charge on any atom is 0.0366 e. The van der Waals surface area contributed by atoms with Crippen molar-refractivity contribution >= 4 is 5.69 Å². The predicted octanol–water partition coefficient (Wildman–Crippen LogP) is 2.24. The summed E-state index contributed by atoms with van der Waals surface area (Å²) in [5, 5.41) is 0. The normalized spacial score (nSPS) is 19.3. The number of piperidine rings is 1. The van der Waals surface area contributed by atoms with Gasteiger partial charge in [-0.3, -0.25) is 0 Å². The highest BCUT2D eigenvalue weighted by Crippen LogP contribution is 2.23. The summed E-state index contributed by atoms with van der Waals surface area (Å²) in [4.78, 5) is 4.82. The van der Waals surface area contributed by atoms with E-state index >= 15 is 0 Å². The number of anilines is 1. The van der Waals surface area contributed by atoms with Gasteiger partial charge < -0.3 is 15.5 Å². The van der Waals surface area contributed by atoms with Crippen LogP contribution in [-0.4, -0.2) is 38.1 Å². The maximum atomic E-state index is 5.87. The van der Waals surface area contributed by atoms with E-state index in [0.717, 1.165) is 19.1 Å². The summed E-state index contributed by atoms with van der Waals surface area (Å²) in [5.41, 5.74) is 8.41. The third-order valence-electron chi connectivity index (χ3n) is 3.98. The fraction of sp³-hybridized carbons (Fsp3) is 0.600. The molecule has 1 atom stereocenters. The number of nitrogens with zero attached hydrogens (tertiary/aromatic N) is 2. The highest BCUT2D eigenvalue weighted by Gasteiger charge is 2.20. The summed E-state index contributed by atoms with van der Waals surface area (Å²) < 4.78 is 0. The van der Waals surface area contributed by atoms with Crippen molar-refractivity contribution in [2.24, 2.45) is 5.73 Å². The molecule has 1 saturated heterocycles. The Labute approximate surface area is 111 Å². The molecule has 1 aromatic carbocycles. The van der Waals surface area contributed by atoms with Crippen molar-refractivity contribution < 1.29 is 0 Å². The molecule has 3 heteroatoms. The zero-order valence-electron chi connectivity index (χ0n) is 11.8. The third kappa shape index (κ3) is 3.03. The molecule has 1 aromatic rings. The van der Waals surface area contributed by atoms with Gasteiger partial charge >= 0.3 is 0 Å². The monoisotopic (exact) mass is 247 g/mol. The molecule has 0 spiro atoms. The minimum atomic E-state index is 0.124. The van der Waals surface area contributed by atoms with Crippen LogP contribution in [0.25, 0.3) is 0 Å². The number of benzene rings is 1. The molecule has 2 rings (SSSR count). The zero-order chi connectivity index (χ0) is 13.1. The third-order valence-corrected chi connectivity index (χ3v) is 3.98. The van der Waals surface area contributed by atoms with Crippen molar-refractivity contribution in [3.8, 4) is 0 Å². The highest BCUT2D eigenvalue weighted by atomic mass is 15.2. The minimum Gasteiger partial charge on any atom is -0.371 e. The quantitative estimate of drug-likeness (QED) is 0.889. The van der Waals surface area contributed by atoms with Gasteiger partial charge in [-0.25, -0.2) is 0 Å². The van der Waals surface area contributed by atoms with Gasteiger partial charge in [0.25, 0.3) is 0 Å². The molecule has 0 bridgehead atoms. The van der Waals surface area contributed by atoms with E-state index in [1.54, 1.807) is 0 Å². The fourth-order valence-corrected chi connectivity index (χ4v) is 2.63. The van der Waals surface area contributed by atoms with Crippen LogP contribution in [-0.2, 0) is 0 Å². The van der Waals surface area contributed by atoms with E-state index in [9.17, 15) is 0 Å². The molecule has 2 N–H and O–H groups in total. The van der Waals surface area contributed by atoms with Gasteiger partial charge in [0.15, 0.2) is 0 Å². The highest BCUT2D eigenvalue weighted by molar-refractivity contribution is 5.48. The minimum absolute atomic E-state index is 0.124. The van der Waals surface area contributed by atoms with E-state index in [2.05, 4.69) is 48.2 Å². The maximum absolute atomic E-state index is 5.87. The Kier molecular flexibility index (Phi) is 4.25. The van der Waals surface area contributed by atoms with E-state index in [-0.39, 0.29) is 6.04 Å². The lowest BCUT2D eigenvalue weighted by Crippen LogP contribution is -2.41. The SMILES string of the molecule is C[C@H](N)c1ccc(N2CCC(N(C)C)CC2)cc1. The standard InChI is InChI=1S/C15H25N3/c1-12(16)13-4-6-15(7-5-13)18-10-8-14(9-11-18)17(2)3/h4-7,12,14H,8-11,16H2,1-3H3/t12-/m0/s1. The number of hydrogen-bond donors (Lipinski definition) is 1. The summed E-state index contributed by atoms with van der Waals surface area (Å²) in [7, 11) is 4.36. The lowest BCUT2D eigenvalue weighted by atomic mass is 10.0. The molecule has 3 nitrogen and oxygen atoms in total. The Hall–Kier alpha value is -1.06. The molecule has 0 amide bonds. The van der Waals surface area contributed by atoms with Crippen molar-refractivity contribution in [3.63, 3.8) is 0 Å². The van der Waals surface area contributed by atoms with E-state index in [1.165, 1.54) is 24.1 Å². The Bertz CT molecular complexity index is 362. The van der Waals surface area contributed by atoms with Gasteiger partial charge in [0.05, 0.1) is 0 Å². The van der Waals surface area contributed by atoms with Crippen LogP contribution in [0.15, 0.2) is 24.3 Å². The number of nitrogens with two attached hydrogens (primary N) is 1. The van der Waals surface area contributed by atoms with Crippen LogP contribution in [0.4, 0.5) is 5.69 Å². The fourth-order valence-electron chi connectivity index (χ4n) is 2.63. The van der Waals surface area contributed by atoms with Crippen molar-refractivity contribution in [2.45, 2.75) is 31.8 Å². The summed E-state index contributed by atoms with van der Waals surface area (Å²) >= 11 is 0. The molecule has 1 fully saturated rings. The van der Waals surface area contributed by atoms with Crippen molar-refractivity contribution in [3.05, 3.63) is 29.8 Å². The topological polar surface area (TPSA) is 32.5 Å². The molecule has 0 unspecified atom stereocenters. The molecule has 1 aliphatic rings. The van der Waals surface area contributed by atoms with Gasteiger partial charge in [0.1, 0.15) is 0 Å². The zero-order valence-corrected chi connectivity index (χ0v) is 11.8. The van der Waals surface area contributed by atoms with Crippen LogP contribution in [0.2, 0.25) is 0 Å². The Morgan fingerprint density at radius 2 is 1.72 bits per heavy atom. The summed E-state index contributed by atoms with van der Waals surface area (Å²) in [6.45, 7) is 4.33. The first kappa shape index (κ1) is 13.4. The molecule has 0 aliphatic carbocycles. The van der Waals surface area contributed by atoms with Crippen LogP contribution >= 0.6 is 0 Å². The summed E-state index contributed by atoms with van der Waals surface area (Å²) in [5.74, 6) is 0. The first-order valence-electron chi connectivity index (χ1n) is 6.85. The number of rotatable bonds is 3. The Balaban J connectivity index is 1.97. The van der Waals surface area contributed by atoms with Gasteiger partial charge in [-0.1, -0.05) is 12.1 Å². The summed E-state index contributed by atoms with van der Waals surface area (Å²) in [6, 6.07) is 9.57. The molecule has 0 saturated carbocycles. The lowest BCUT2D eigenvalue weighted by molar-refractivity contribution is 0.249. The summed E-state index contributed by atoms with van der Waals surface area (Å²) in [6.07, 6.45) is 2.50. The number of hydrogen-bond acceptors (Lipinski definition) is 3. The van der Waals surface area contributed by atoms with Gasteiger partial charge in [-0.15, -0.1) is 0 Å². The van der Waals surface area contributed by atoms with E-state index in [0.29, 0.717) is 0 Å². The first-order chi connectivity index (χ1) is 8.58. The Morgan fingerprint density at radius 3 is 2.17 bits per heavy atom. The average Bonchev–Trinajstić information content (AvgIpc) is 2.39. The van der Waals surface area contributed by atoms with Crippen LogP contribution in [0.5, 0.6) is 0 Å². The smallest absolute Gasteiger partial charge is 0.0366 e. The molecular weight excluding hydrogens is 222 g/mol. The second-order valence-electron chi connectivity index (χ2n) is 5.56. The molecule has 0 radical (unpaired) electrons. The molecule has 1 heterocycles. The molecule has 18 heavy (non-hydrogen) atoms. The van der Waals surface area contributed by atoms with Crippen molar-refractivity contribution in [2.75, 3.05) is 32.1 Å². The van der Waals surface area contributed by atoms with Gasteiger partial charge in [-0.05, 0) is 51.6 Å². The first-order valence-corrected chi connectivity index (χ1v) is 6.85. The molecular formula is C15H25N3. The van der Waals surface area contributed by atoms with Gasteiger partial charge in [0.2, 0.25) is 0 Å². The molecule has 100 valence electrons. The van der Waals surface area contributed by atoms with Crippen LogP contribution in [0.1, 0.15) is 31.4 Å². The Morgan fingerprint density at radius 1 is 1.17 bits per heavy atom. The van der Waals surface area contributed by atoms with Gasteiger partial charge in [0, 0.05) is 30.9 Å². The average molecular weight is 247 g/mol. The van der Waals surface area contributed by atoms with Crippen molar-refractivity contribution in [1.82, 2.24) is 4.90 Å². The van der Waals surface area contributed by atoms with Crippen molar-refractivity contribution in [1.29, 1.82) is 0 Å². The van der Waals surface area contributed by atoms with E-state index in [4.69, 9.17) is 5.73 Å². The predicted molar refractivity (Wildman–Crippen MR) is 78.0 cm³/mol. The second kappa shape index (κ2) is 5.72. The van der Waals surface area contributed by atoms with Crippen LogP contribution in [0.3, 0.4) is 0 Å². The van der Waals surface area contributed by atoms with Crippen LogP contribution < -0.4 is 10.6 Å². The van der Waals surface area contributed by atoms with E-state index in [1.807, 2.05) is 6.92 Å².